The quantitative estimate of drug-likeness (QED) is 0.384. The molecule has 1 aliphatic carbocycles. The van der Waals surface area contributed by atoms with Crippen LogP contribution in [-0.2, 0) is 14.8 Å². The summed E-state index contributed by atoms with van der Waals surface area (Å²) < 4.78 is 59.2. The molecule has 1 saturated heterocycles. The van der Waals surface area contributed by atoms with Gasteiger partial charge in [-0.25, -0.2) is 17.2 Å². The number of carbonyl (C=O) groups is 1. The maximum atomic E-state index is 14.3. The van der Waals surface area contributed by atoms with Crippen molar-refractivity contribution in [3.63, 3.8) is 0 Å². The molecule has 5 rings (SSSR count). The Labute approximate surface area is 238 Å². The highest BCUT2D eigenvalue weighted by Crippen LogP contribution is 2.43. The Morgan fingerprint density at radius 3 is 2.71 bits per heavy atom. The summed E-state index contributed by atoms with van der Waals surface area (Å²) in [5.41, 5.74) is 1.82. The Morgan fingerprint density at radius 2 is 1.98 bits per heavy atom. The molecule has 1 aliphatic heterocycles. The highest BCUT2D eigenvalue weighted by Gasteiger charge is 2.42. The van der Waals surface area contributed by atoms with E-state index < -0.39 is 39.6 Å². The van der Waals surface area contributed by atoms with Gasteiger partial charge in [0.25, 0.3) is 0 Å². The average Bonchev–Trinajstić information content (AvgIpc) is 2.91. The van der Waals surface area contributed by atoms with Gasteiger partial charge in [0.15, 0.2) is 0 Å². The lowest BCUT2D eigenvalue weighted by atomic mass is 9.73. The number of sulfonamides is 1. The summed E-state index contributed by atoms with van der Waals surface area (Å²) in [5.74, 6) is -1.61. The van der Waals surface area contributed by atoms with Crippen molar-refractivity contribution in [3.05, 3.63) is 71.4 Å². The fourth-order valence-electron chi connectivity index (χ4n) is 6.32. The van der Waals surface area contributed by atoms with E-state index in [1.807, 2.05) is 18.2 Å². The first kappa shape index (κ1) is 29.3. The van der Waals surface area contributed by atoms with Crippen LogP contribution in [0.15, 0.2) is 48.7 Å². The van der Waals surface area contributed by atoms with Gasteiger partial charge in [0.2, 0.25) is 15.9 Å². The number of methoxy groups -OCH3 is 1. The molecule has 0 bridgehead atoms. The summed E-state index contributed by atoms with van der Waals surface area (Å²) in [6.45, 7) is 1.06. The molecule has 2 aliphatic rings. The third-order valence-corrected chi connectivity index (χ3v) is 9.16. The highest BCUT2D eigenvalue weighted by atomic mass is 32.2. The van der Waals surface area contributed by atoms with Gasteiger partial charge in [-0.1, -0.05) is 0 Å². The standard InChI is InChI=1S/C30H35F2N3O5S/c1-40-22-5-7-28-25(16-22)23(9-11-33-28)29(36)8-3-18-10-12-35(17-26(18)30(37)34-41(2,38)39)21-13-19(14-21)24-15-20(31)4-6-27(24)32/h4-7,9,11,15-16,18-19,21,26,29,36H,3,8,10,12-14,17H2,1-2H3,(H,34,37)/t18-,19?,21?,26+,29+/m1/s1. The smallest absolute Gasteiger partial charge is 0.238 e. The molecule has 0 radical (unpaired) electrons. The number of nitrogens with one attached hydrogen (secondary N) is 1. The first-order valence-corrected chi connectivity index (χ1v) is 15.7. The second-order valence-corrected chi connectivity index (χ2v) is 13.0. The number of piperidine rings is 1. The molecule has 41 heavy (non-hydrogen) atoms. The van der Waals surface area contributed by atoms with Crippen molar-refractivity contribution >= 4 is 26.8 Å². The van der Waals surface area contributed by atoms with Crippen molar-refractivity contribution in [2.75, 3.05) is 26.5 Å². The summed E-state index contributed by atoms with van der Waals surface area (Å²) in [5, 5.41) is 11.9. The zero-order chi connectivity index (χ0) is 29.3. The van der Waals surface area contributed by atoms with E-state index in [-0.39, 0.29) is 17.9 Å². The van der Waals surface area contributed by atoms with Gasteiger partial charge in [-0.05, 0) is 104 Å². The Kier molecular flexibility index (Phi) is 8.58. The van der Waals surface area contributed by atoms with E-state index in [9.17, 15) is 27.1 Å². The molecule has 1 amide bonds. The lowest BCUT2D eigenvalue weighted by Crippen LogP contribution is -2.54. The van der Waals surface area contributed by atoms with Crippen LogP contribution in [0.1, 0.15) is 55.3 Å². The van der Waals surface area contributed by atoms with Gasteiger partial charge in [0, 0.05) is 24.2 Å². The van der Waals surface area contributed by atoms with Crippen LogP contribution in [0.3, 0.4) is 0 Å². The number of halogens is 2. The Hall–Kier alpha value is -3.15. The minimum atomic E-state index is -3.75. The van der Waals surface area contributed by atoms with E-state index in [2.05, 4.69) is 14.6 Å². The number of hydrogen-bond acceptors (Lipinski definition) is 7. The number of amides is 1. The van der Waals surface area contributed by atoms with E-state index in [4.69, 9.17) is 4.74 Å². The van der Waals surface area contributed by atoms with Crippen molar-refractivity contribution in [1.29, 1.82) is 0 Å². The lowest BCUT2D eigenvalue weighted by Gasteiger charge is -2.48. The number of likely N-dealkylation sites (tertiary alicyclic amines) is 1. The van der Waals surface area contributed by atoms with Crippen LogP contribution in [0.2, 0.25) is 0 Å². The summed E-state index contributed by atoms with van der Waals surface area (Å²) in [7, 11) is -2.17. The minimum Gasteiger partial charge on any atom is -0.497 e. The molecule has 3 atom stereocenters. The van der Waals surface area contributed by atoms with Gasteiger partial charge in [0.05, 0.1) is 30.9 Å². The highest BCUT2D eigenvalue weighted by molar-refractivity contribution is 7.89. The topological polar surface area (TPSA) is 109 Å². The SMILES string of the molecule is COc1ccc2nccc([C@@H](O)CC[C@@H]3CCN(C4CC(c5cc(F)ccc5F)C4)C[C@@H]3C(=O)NS(C)(=O)=O)c2c1. The second-order valence-electron chi connectivity index (χ2n) is 11.3. The summed E-state index contributed by atoms with van der Waals surface area (Å²) >= 11 is 0. The van der Waals surface area contributed by atoms with Gasteiger partial charge < -0.3 is 9.84 Å². The van der Waals surface area contributed by atoms with Gasteiger partial charge in [-0.2, -0.15) is 0 Å². The minimum absolute atomic E-state index is 0.0966. The van der Waals surface area contributed by atoms with Crippen molar-refractivity contribution in [2.45, 2.75) is 50.2 Å². The number of aliphatic hydroxyl groups excluding tert-OH is 1. The number of nitrogens with zero attached hydrogens (tertiary/aromatic N) is 2. The van der Waals surface area contributed by atoms with Gasteiger partial charge >= 0.3 is 0 Å². The first-order chi connectivity index (χ1) is 19.5. The predicted octanol–water partition coefficient (Wildman–Crippen LogP) is 4.30. The first-order valence-electron chi connectivity index (χ1n) is 13.8. The van der Waals surface area contributed by atoms with Gasteiger partial charge in [0.1, 0.15) is 17.4 Å². The number of rotatable bonds is 9. The molecule has 3 aromatic rings. The second kappa shape index (κ2) is 12.0. The number of ether oxygens (including phenoxy) is 1. The molecule has 1 aromatic heterocycles. The molecule has 2 heterocycles. The van der Waals surface area contributed by atoms with Crippen LogP contribution in [0.25, 0.3) is 10.9 Å². The zero-order valence-electron chi connectivity index (χ0n) is 23.1. The fourth-order valence-corrected chi connectivity index (χ4v) is 6.83. The summed E-state index contributed by atoms with van der Waals surface area (Å²) in [6.07, 6.45) is 4.63. The number of aromatic nitrogens is 1. The fraction of sp³-hybridized carbons (Fsp3) is 0.467. The predicted molar refractivity (Wildman–Crippen MR) is 151 cm³/mol. The lowest BCUT2D eigenvalue weighted by molar-refractivity contribution is -0.128. The molecule has 11 heteroatoms. The van der Waals surface area contributed by atoms with E-state index in [1.165, 1.54) is 6.07 Å². The average molecular weight is 588 g/mol. The monoisotopic (exact) mass is 587 g/mol. The third-order valence-electron chi connectivity index (χ3n) is 8.59. The number of hydrogen-bond donors (Lipinski definition) is 2. The van der Waals surface area contributed by atoms with Crippen molar-refractivity contribution in [1.82, 2.24) is 14.6 Å². The molecule has 0 spiro atoms. The number of aliphatic hydroxyl groups is 1. The van der Waals surface area contributed by atoms with Crippen LogP contribution >= 0.6 is 0 Å². The van der Waals surface area contributed by atoms with E-state index in [0.717, 1.165) is 29.3 Å². The third kappa shape index (κ3) is 6.68. The molecule has 1 saturated carbocycles. The Balaban J connectivity index is 1.27. The maximum absolute atomic E-state index is 14.3. The number of carbonyl (C=O) groups excluding carboxylic acids is 1. The van der Waals surface area contributed by atoms with Crippen molar-refractivity contribution in [2.24, 2.45) is 11.8 Å². The summed E-state index contributed by atoms with van der Waals surface area (Å²) in [4.78, 5) is 19.7. The Bertz CT molecular complexity index is 1530. The normalized spacial score (nSPS) is 24.0. The number of fused-ring (bicyclic) bond motifs is 1. The van der Waals surface area contributed by atoms with Crippen LogP contribution in [0.4, 0.5) is 8.78 Å². The molecule has 0 unspecified atom stereocenters. The number of benzene rings is 2. The molecule has 2 N–H and O–H groups in total. The van der Waals surface area contributed by atoms with E-state index >= 15 is 0 Å². The van der Waals surface area contributed by atoms with Crippen molar-refractivity contribution < 1.29 is 31.8 Å². The Morgan fingerprint density at radius 1 is 1.20 bits per heavy atom. The van der Waals surface area contributed by atoms with Crippen molar-refractivity contribution in [3.8, 4) is 5.75 Å². The molecule has 8 nitrogen and oxygen atoms in total. The zero-order valence-corrected chi connectivity index (χ0v) is 23.9. The van der Waals surface area contributed by atoms with Crippen LogP contribution in [-0.4, -0.2) is 61.8 Å². The van der Waals surface area contributed by atoms with Crippen LogP contribution < -0.4 is 9.46 Å². The van der Waals surface area contributed by atoms with E-state index in [0.29, 0.717) is 62.1 Å². The molecule has 220 valence electrons. The largest absolute Gasteiger partial charge is 0.497 e. The molecule has 2 aromatic carbocycles. The number of pyridine rings is 1. The maximum Gasteiger partial charge on any atom is 0.238 e. The molecular formula is C30H35F2N3O5S. The van der Waals surface area contributed by atoms with Crippen LogP contribution in [0.5, 0.6) is 5.75 Å². The summed E-state index contributed by atoms with van der Waals surface area (Å²) in [6, 6.07) is 10.9. The molecular weight excluding hydrogens is 552 g/mol. The van der Waals surface area contributed by atoms with Crippen LogP contribution in [0, 0.1) is 23.5 Å². The molecule has 2 fully saturated rings. The van der Waals surface area contributed by atoms with Gasteiger partial charge in [-0.15, -0.1) is 0 Å². The van der Waals surface area contributed by atoms with E-state index in [1.54, 1.807) is 19.4 Å². The van der Waals surface area contributed by atoms with Gasteiger partial charge in [-0.3, -0.25) is 19.4 Å².